The number of hydrogen-bond donors (Lipinski definition) is 0. The van der Waals surface area contributed by atoms with Crippen molar-refractivity contribution in [1.82, 2.24) is 4.57 Å². The molecule has 1 heterocycles. The molecule has 0 N–H and O–H groups in total. The van der Waals surface area contributed by atoms with Gasteiger partial charge in [0.1, 0.15) is 18.9 Å². The van der Waals surface area contributed by atoms with Gasteiger partial charge in [0.15, 0.2) is 0 Å². The maximum atomic E-state index is 2.16. The predicted molar refractivity (Wildman–Crippen MR) is 51.2 cm³/mol. The molecule has 1 aromatic carbocycles. The second-order valence-electron chi connectivity index (χ2n) is 3.24. The van der Waals surface area contributed by atoms with Crippen molar-refractivity contribution < 1.29 is 17.0 Å². The van der Waals surface area contributed by atoms with Crippen molar-refractivity contribution in [1.29, 1.82) is 0 Å². The maximum absolute atomic E-state index is 2.16. The maximum Gasteiger partial charge on any atom is 0.243 e. The first kappa shape index (κ1) is 10.8. The van der Waals surface area contributed by atoms with Gasteiger partial charge in [0.25, 0.3) is 0 Å². The summed E-state index contributed by atoms with van der Waals surface area (Å²) >= 11 is 0. The number of halogens is 1. The first-order valence-corrected chi connectivity index (χ1v) is 4.39. The molecule has 0 bridgehead atoms. The van der Waals surface area contributed by atoms with Crippen LogP contribution < -0.4 is 17.0 Å². The molecular weight excluding hydrogens is 196 g/mol. The molecule has 0 atom stereocenters. The summed E-state index contributed by atoms with van der Waals surface area (Å²) in [5.74, 6) is 0. The normalized spacial score (nSPS) is 9.50. The lowest BCUT2D eigenvalue weighted by Gasteiger charge is -1.95. The topological polar surface area (TPSA) is 8.81 Å². The smallest absolute Gasteiger partial charge is 0.243 e. The minimum Gasteiger partial charge on any atom is -1.00 e. The molecule has 0 spiro atoms. The van der Waals surface area contributed by atoms with E-state index in [0.717, 1.165) is 6.54 Å². The van der Waals surface area contributed by atoms with E-state index >= 15 is 0 Å². The number of rotatable bonds is 2. The van der Waals surface area contributed by atoms with Crippen LogP contribution in [-0.4, -0.2) is 4.57 Å². The molecule has 0 radical (unpaired) electrons. The van der Waals surface area contributed by atoms with Crippen LogP contribution in [0.3, 0.4) is 0 Å². The molecule has 2 nitrogen and oxygen atoms in total. The Hall–Kier alpha value is -1.28. The van der Waals surface area contributed by atoms with Gasteiger partial charge in [0, 0.05) is 0 Å². The van der Waals surface area contributed by atoms with Gasteiger partial charge >= 0.3 is 0 Å². The van der Waals surface area contributed by atoms with Gasteiger partial charge in [0.05, 0.1) is 7.05 Å². The minimum atomic E-state index is 0. The monoisotopic (exact) mass is 208 g/mol. The van der Waals surface area contributed by atoms with Crippen LogP contribution in [0, 0.1) is 0 Å². The van der Waals surface area contributed by atoms with E-state index in [9.17, 15) is 0 Å². The van der Waals surface area contributed by atoms with E-state index in [1.54, 1.807) is 0 Å². The first-order chi connectivity index (χ1) is 6.34. The molecule has 2 rings (SSSR count). The van der Waals surface area contributed by atoms with Crippen molar-refractivity contribution in [3.05, 3.63) is 54.6 Å². The fourth-order valence-corrected chi connectivity index (χ4v) is 1.39. The number of nitrogens with zero attached hydrogens (tertiary/aromatic N) is 2. The summed E-state index contributed by atoms with van der Waals surface area (Å²) in [6.07, 6.45) is 6.20. The summed E-state index contributed by atoms with van der Waals surface area (Å²) in [5.41, 5.74) is 1.33. The molecule has 0 unspecified atom stereocenters. The second kappa shape index (κ2) is 4.82. The zero-order valence-corrected chi connectivity index (χ0v) is 8.85. The molecule has 14 heavy (non-hydrogen) atoms. The van der Waals surface area contributed by atoms with Crippen molar-refractivity contribution in [3.63, 3.8) is 0 Å². The number of aromatic nitrogens is 2. The summed E-state index contributed by atoms with van der Waals surface area (Å²) in [7, 11) is 2.03. The van der Waals surface area contributed by atoms with Gasteiger partial charge in [0.2, 0.25) is 6.33 Å². The SMILES string of the molecule is Cn1cc[n+](Cc2ccccc2)c1.[Cl-]. The number of aryl methyl sites for hydroxylation is 1. The Morgan fingerprint density at radius 2 is 1.93 bits per heavy atom. The standard InChI is InChI=1S/C11H13N2.ClH/c1-12-7-8-13(10-12)9-11-5-3-2-4-6-11;/h2-8,10H,9H2,1H3;1H/q+1;/p-1. The summed E-state index contributed by atoms with van der Waals surface area (Å²) in [5, 5.41) is 0. The first-order valence-electron chi connectivity index (χ1n) is 4.39. The van der Waals surface area contributed by atoms with Gasteiger partial charge in [-0.3, -0.25) is 0 Å². The van der Waals surface area contributed by atoms with Crippen LogP contribution in [0.1, 0.15) is 5.56 Å². The zero-order chi connectivity index (χ0) is 9.10. The van der Waals surface area contributed by atoms with Crippen molar-refractivity contribution in [3.8, 4) is 0 Å². The average molecular weight is 209 g/mol. The third-order valence-corrected chi connectivity index (χ3v) is 2.03. The highest BCUT2D eigenvalue weighted by atomic mass is 35.5. The lowest BCUT2D eigenvalue weighted by atomic mass is 10.2. The summed E-state index contributed by atoms with van der Waals surface area (Å²) in [4.78, 5) is 0. The van der Waals surface area contributed by atoms with E-state index < -0.39 is 0 Å². The Morgan fingerprint density at radius 3 is 2.50 bits per heavy atom. The molecule has 0 aliphatic heterocycles. The molecule has 0 saturated heterocycles. The third-order valence-electron chi connectivity index (χ3n) is 2.03. The number of benzene rings is 1. The summed E-state index contributed by atoms with van der Waals surface area (Å²) < 4.78 is 4.21. The van der Waals surface area contributed by atoms with Gasteiger partial charge in [-0.1, -0.05) is 30.3 Å². The Balaban J connectivity index is 0.000000980. The van der Waals surface area contributed by atoms with Crippen LogP contribution in [0.25, 0.3) is 0 Å². The van der Waals surface area contributed by atoms with E-state index in [1.807, 2.05) is 23.9 Å². The van der Waals surface area contributed by atoms with Gasteiger partial charge in [-0.15, -0.1) is 0 Å². The van der Waals surface area contributed by atoms with Crippen LogP contribution >= 0.6 is 0 Å². The van der Waals surface area contributed by atoms with Crippen LogP contribution in [-0.2, 0) is 13.6 Å². The Bertz CT molecular complexity index is 381. The minimum absolute atomic E-state index is 0. The highest BCUT2D eigenvalue weighted by molar-refractivity contribution is 5.13. The zero-order valence-electron chi connectivity index (χ0n) is 8.10. The predicted octanol–water partition coefficient (Wildman–Crippen LogP) is -1.64. The second-order valence-corrected chi connectivity index (χ2v) is 3.24. The van der Waals surface area contributed by atoms with E-state index in [0.29, 0.717) is 0 Å². The summed E-state index contributed by atoms with van der Waals surface area (Å²) in [6.45, 7) is 0.946. The van der Waals surface area contributed by atoms with Crippen molar-refractivity contribution in [2.24, 2.45) is 7.05 Å². The van der Waals surface area contributed by atoms with Crippen molar-refractivity contribution in [2.45, 2.75) is 6.54 Å². The quantitative estimate of drug-likeness (QED) is 0.524. The molecule has 3 heteroatoms. The van der Waals surface area contributed by atoms with E-state index in [-0.39, 0.29) is 12.4 Å². The molecule has 0 amide bonds. The molecular formula is C11H13ClN2. The molecule has 74 valence electrons. The van der Waals surface area contributed by atoms with E-state index in [1.165, 1.54) is 5.56 Å². The van der Waals surface area contributed by atoms with Gasteiger partial charge < -0.3 is 12.4 Å². The van der Waals surface area contributed by atoms with Gasteiger partial charge in [-0.25, -0.2) is 9.13 Å². The molecule has 1 aromatic heterocycles. The lowest BCUT2D eigenvalue weighted by molar-refractivity contribution is -0.687. The largest absolute Gasteiger partial charge is 1.00 e. The Kier molecular flexibility index (Phi) is 3.72. The Morgan fingerprint density at radius 1 is 1.21 bits per heavy atom. The highest BCUT2D eigenvalue weighted by Crippen LogP contribution is 1.96. The summed E-state index contributed by atoms with van der Waals surface area (Å²) in [6, 6.07) is 10.5. The number of imidazole rings is 1. The molecule has 0 fully saturated rings. The molecule has 0 saturated carbocycles. The molecule has 0 aliphatic carbocycles. The van der Waals surface area contributed by atoms with Crippen LogP contribution in [0.2, 0.25) is 0 Å². The van der Waals surface area contributed by atoms with Crippen LogP contribution in [0.15, 0.2) is 49.1 Å². The lowest BCUT2D eigenvalue weighted by Crippen LogP contribution is -3.00. The molecule has 0 aliphatic rings. The van der Waals surface area contributed by atoms with E-state index in [2.05, 4.69) is 41.4 Å². The number of hydrogen-bond acceptors (Lipinski definition) is 0. The third kappa shape index (κ3) is 2.60. The van der Waals surface area contributed by atoms with Crippen molar-refractivity contribution in [2.75, 3.05) is 0 Å². The van der Waals surface area contributed by atoms with Crippen LogP contribution in [0.4, 0.5) is 0 Å². The fourth-order valence-electron chi connectivity index (χ4n) is 1.39. The fraction of sp³-hybridized carbons (Fsp3) is 0.182. The van der Waals surface area contributed by atoms with E-state index in [4.69, 9.17) is 0 Å². The van der Waals surface area contributed by atoms with Crippen LogP contribution in [0.5, 0.6) is 0 Å². The molecule has 2 aromatic rings. The Labute approximate surface area is 90.2 Å². The van der Waals surface area contributed by atoms with Gasteiger partial charge in [-0.05, 0) is 5.56 Å². The average Bonchev–Trinajstić information content (AvgIpc) is 2.53. The van der Waals surface area contributed by atoms with Crippen molar-refractivity contribution >= 4 is 0 Å². The highest BCUT2D eigenvalue weighted by Gasteiger charge is 1.99. The van der Waals surface area contributed by atoms with Gasteiger partial charge in [-0.2, -0.15) is 0 Å².